The number of amides is 2. The molecule has 6 N–H and O–H groups in total. The lowest BCUT2D eigenvalue weighted by atomic mass is 9.99. The van der Waals surface area contributed by atoms with E-state index >= 15 is 0 Å². The van der Waals surface area contributed by atoms with Crippen molar-refractivity contribution in [1.82, 2.24) is 15.3 Å². The molecule has 11 nitrogen and oxygen atoms in total. The molecule has 2 amide bonds. The summed E-state index contributed by atoms with van der Waals surface area (Å²) < 4.78 is 39.5. The zero-order valence-electron chi connectivity index (χ0n) is 22.7. The molecule has 4 rings (SSSR count). The Kier molecular flexibility index (Phi) is 8.59. The lowest BCUT2D eigenvalue weighted by Crippen LogP contribution is -2.43. The van der Waals surface area contributed by atoms with E-state index in [4.69, 9.17) is 5.73 Å². The summed E-state index contributed by atoms with van der Waals surface area (Å²) in [7, 11) is -3.95. The van der Waals surface area contributed by atoms with Crippen LogP contribution in [0.15, 0.2) is 65.6 Å². The van der Waals surface area contributed by atoms with Crippen LogP contribution in [-0.2, 0) is 14.6 Å². The number of rotatable bonds is 10. The van der Waals surface area contributed by atoms with Gasteiger partial charge in [0.2, 0.25) is 0 Å². The summed E-state index contributed by atoms with van der Waals surface area (Å²) in [5.74, 6) is -2.31. The van der Waals surface area contributed by atoms with E-state index in [1.165, 1.54) is 6.07 Å². The number of anilines is 3. The van der Waals surface area contributed by atoms with Crippen molar-refractivity contribution in [3.8, 4) is 0 Å². The predicted molar refractivity (Wildman–Crippen MR) is 155 cm³/mol. The normalized spacial score (nSPS) is 13.0. The third-order valence-corrected chi connectivity index (χ3v) is 7.77. The van der Waals surface area contributed by atoms with Crippen molar-refractivity contribution in [3.63, 3.8) is 0 Å². The fourth-order valence-corrected chi connectivity index (χ4v) is 5.47. The van der Waals surface area contributed by atoms with Crippen LogP contribution in [0, 0.1) is 5.82 Å². The van der Waals surface area contributed by atoms with Crippen LogP contribution in [0.5, 0.6) is 0 Å². The molecule has 0 spiro atoms. The highest BCUT2D eigenvalue weighted by molar-refractivity contribution is 7.90. The van der Waals surface area contributed by atoms with E-state index in [0.29, 0.717) is 11.0 Å². The zero-order valence-corrected chi connectivity index (χ0v) is 23.5. The molecule has 0 aliphatic carbocycles. The molecule has 4 aromatic rings. The molecule has 0 aliphatic heterocycles. The molecular weight excluding hydrogens is 551 g/mol. The fraction of sp³-hybridized carbons (Fsp3) is 0.250. The molecule has 0 saturated carbocycles. The van der Waals surface area contributed by atoms with Gasteiger partial charge in [-0.2, -0.15) is 0 Å². The number of H-pyrrole nitrogens is 1. The highest BCUT2D eigenvalue weighted by Gasteiger charge is 2.33. The molecule has 216 valence electrons. The van der Waals surface area contributed by atoms with Gasteiger partial charge in [0.05, 0.1) is 22.0 Å². The van der Waals surface area contributed by atoms with E-state index < -0.39 is 39.6 Å². The second-order valence-electron chi connectivity index (χ2n) is 9.41. The number of aliphatic hydroxyl groups excluding tert-OH is 1. The van der Waals surface area contributed by atoms with Crippen molar-refractivity contribution >= 4 is 50.0 Å². The molecule has 1 heterocycles. The molecule has 2 atom stereocenters. The summed E-state index contributed by atoms with van der Waals surface area (Å²) in [5.41, 5.74) is 7.82. The average molecular weight is 583 g/mol. The van der Waals surface area contributed by atoms with Crippen LogP contribution in [0.3, 0.4) is 0 Å². The minimum Gasteiger partial charge on any atom is -0.381 e. The van der Waals surface area contributed by atoms with Crippen molar-refractivity contribution in [2.24, 2.45) is 0 Å². The molecule has 0 radical (unpaired) electrons. The van der Waals surface area contributed by atoms with Gasteiger partial charge in [0.1, 0.15) is 5.82 Å². The van der Waals surface area contributed by atoms with Crippen molar-refractivity contribution in [2.45, 2.75) is 30.9 Å². The Morgan fingerprint density at radius 3 is 2.39 bits per heavy atom. The number of hydrogen-bond acceptors (Lipinski definition) is 8. The lowest BCUT2D eigenvalue weighted by Gasteiger charge is -2.26. The van der Waals surface area contributed by atoms with Gasteiger partial charge in [-0.1, -0.05) is 0 Å². The van der Waals surface area contributed by atoms with Gasteiger partial charge in [-0.05, 0) is 80.1 Å². The first-order valence-electron chi connectivity index (χ1n) is 12.8. The predicted octanol–water partition coefficient (Wildman–Crippen LogP) is 3.00. The number of aromatic amines is 1. The minimum atomic E-state index is -3.95. The van der Waals surface area contributed by atoms with Gasteiger partial charge < -0.3 is 31.4 Å². The van der Waals surface area contributed by atoms with Gasteiger partial charge in [-0.25, -0.2) is 17.8 Å². The Hall–Kier alpha value is -4.49. The highest BCUT2D eigenvalue weighted by Crippen LogP contribution is 2.28. The lowest BCUT2D eigenvalue weighted by molar-refractivity contribution is -0.125. The SMILES string of the molecule is CCN(CC)c1ccc(C(=O)NC(c2cc(F)ccc2S(C)(=O)=O)C(O)C(=O)Nc2ccc3nc(N)[nH]c3c2)cc1. The number of fused-ring (bicyclic) bond motifs is 1. The zero-order chi connectivity index (χ0) is 29.9. The van der Waals surface area contributed by atoms with Crippen LogP contribution in [0.1, 0.15) is 35.8 Å². The quantitative estimate of drug-likeness (QED) is 0.178. The van der Waals surface area contributed by atoms with Crippen molar-refractivity contribution < 1.29 is 27.5 Å². The van der Waals surface area contributed by atoms with E-state index in [9.17, 15) is 27.5 Å². The standard InChI is InChI=1S/C28H31FN6O5S/c1-4-35(5-2)19-10-6-16(7-11-19)26(37)34-24(20-14-17(29)8-13-23(20)41(3,39)40)25(36)27(38)31-18-9-12-21-22(15-18)33-28(30)32-21/h6-15,24-25,36H,4-5H2,1-3H3,(H,31,38)(H,34,37)(H3,30,32,33). The number of imidazole rings is 1. The number of halogens is 1. The number of nitrogens with zero attached hydrogens (tertiary/aromatic N) is 2. The van der Waals surface area contributed by atoms with Gasteiger partial charge in [-0.15, -0.1) is 0 Å². The van der Waals surface area contributed by atoms with Crippen LogP contribution in [0.4, 0.5) is 21.7 Å². The van der Waals surface area contributed by atoms with Gasteiger partial charge in [0.15, 0.2) is 21.9 Å². The molecule has 3 aromatic carbocycles. The van der Waals surface area contributed by atoms with Crippen molar-refractivity contribution in [2.75, 3.05) is 35.3 Å². The monoisotopic (exact) mass is 582 g/mol. The molecule has 13 heteroatoms. The van der Waals surface area contributed by atoms with E-state index in [2.05, 4.69) is 25.5 Å². The number of aliphatic hydroxyl groups is 1. The summed E-state index contributed by atoms with van der Waals surface area (Å²) in [6.07, 6.45) is -1.11. The number of sulfone groups is 1. The number of benzene rings is 3. The number of nitrogen functional groups attached to an aromatic ring is 1. The average Bonchev–Trinajstić information content (AvgIpc) is 3.30. The van der Waals surface area contributed by atoms with Crippen LogP contribution >= 0.6 is 0 Å². The van der Waals surface area contributed by atoms with Gasteiger partial charge in [0.25, 0.3) is 11.8 Å². The van der Waals surface area contributed by atoms with E-state index in [-0.39, 0.29) is 27.7 Å². The van der Waals surface area contributed by atoms with Gasteiger partial charge in [0, 0.05) is 36.3 Å². The maximum Gasteiger partial charge on any atom is 0.255 e. The summed E-state index contributed by atoms with van der Waals surface area (Å²) in [6, 6.07) is 12.5. The third kappa shape index (κ3) is 6.64. The minimum absolute atomic E-state index is 0.177. The van der Waals surface area contributed by atoms with E-state index in [1.54, 1.807) is 36.4 Å². The number of carbonyl (C=O) groups is 2. The molecular formula is C28H31FN6O5S. The molecule has 0 fully saturated rings. The molecule has 0 bridgehead atoms. The Morgan fingerprint density at radius 2 is 1.76 bits per heavy atom. The summed E-state index contributed by atoms with van der Waals surface area (Å²) in [5, 5.41) is 16.2. The number of aromatic nitrogens is 2. The van der Waals surface area contributed by atoms with E-state index in [0.717, 1.165) is 43.2 Å². The molecule has 0 aliphatic rings. The van der Waals surface area contributed by atoms with E-state index in [1.807, 2.05) is 13.8 Å². The first kappa shape index (κ1) is 29.5. The third-order valence-electron chi connectivity index (χ3n) is 6.60. The Bertz CT molecular complexity index is 1690. The van der Waals surface area contributed by atoms with Crippen molar-refractivity contribution in [1.29, 1.82) is 0 Å². The number of nitrogens with two attached hydrogens (primary N) is 1. The van der Waals surface area contributed by atoms with Crippen LogP contribution in [-0.4, -0.2) is 60.8 Å². The summed E-state index contributed by atoms with van der Waals surface area (Å²) in [6.45, 7) is 5.53. The first-order valence-corrected chi connectivity index (χ1v) is 14.7. The maximum atomic E-state index is 14.4. The highest BCUT2D eigenvalue weighted by atomic mass is 32.2. The number of nitrogens with one attached hydrogen (secondary N) is 3. The molecule has 2 unspecified atom stereocenters. The smallest absolute Gasteiger partial charge is 0.255 e. The fourth-order valence-electron chi connectivity index (χ4n) is 4.54. The second-order valence-corrected chi connectivity index (χ2v) is 11.4. The van der Waals surface area contributed by atoms with Gasteiger partial charge >= 0.3 is 0 Å². The van der Waals surface area contributed by atoms with Crippen LogP contribution < -0.4 is 21.3 Å². The summed E-state index contributed by atoms with van der Waals surface area (Å²) in [4.78, 5) is 35.1. The topological polar surface area (TPSA) is 171 Å². The largest absolute Gasteiger partial charge is 0.381 e. The maximum absolute atomic E-state index is 14.4. The molecule has 1 aromatic heterocycles. The Balaban J connectivity index is 1.68. The number of carbonyl (C=O) groups excluding carboxylic acids is 2. The van der Waals surface area contributed by atoms with Crippen LogP contribution in [0.25, 0.3) is 11.0 Å². The van der Waals surface area contributed by atoms with Crippen LogP contribution in [0.2, 0.25) is 0 Å². The second kappa shape index (κ2) is 11.9. The van der Waals surface area contributed by atoms with Crippen molar-refractivity contribution in [3.05, 3.63) is 77.6 Å². The van der Waals surface area contributed by atoms with Gasteiger partial charge in [-0.3, -0.25) is 9.59 Å². The molecule has 41 heavy (non-hydrogen) atoms. The Labute approximate surface area is 236 Å². The Morgan fingerprint density at radius 1 is 1.07 bits per heavy atom. The first-order chi connectivity index (χ1) is 19.4. The molecule has 0 saturated heterocycles. The summed E-state index contributed by atoms with van der Waals surface area (Å²) >= 11 is 0. The number of hydrogen-bond donors (Lipinski definition) is 5.